The van der Waals surface area contributed by atoms with E-state index in [4.69, 9.17) is 9.47 Å². The lowest BCUT2D eigenvalue weighted by Gasteiger charge is -2.17. The zero-order valence-corrected chi connectivity index (χ0v) is 11.6. The maximum Gasteiger partial charge on any atom is 0.191 e. The van der Waals surface area contributed by atoms with Gasteiger partial charge in [0.2, 0.25) is 0 Å². The molecular weight excluding hydrogens is 228 g/mol. The molecule has 0 saturated heterocycles. The maximum absolute atomic E-state index is 12.2. The fourth-order valence-corrected chi connectivity index (χ4v) is 1.78. The summed E-state index contributed by atoms with van der Waals surface area (Å²) in [7, 11) is 1.57. The molecule has 0 saturated carbocycles. The molecule has 1 aromatic carbocycles. The molecule has 0 bridgehead atoms. The molecule has 0 aromatic heterocycles. The summed E-state index contributed by atoms with van der Waals surface area (Å²) in [5.74, 6) is 0.986. The van der Waals surface area contributed by atoms with Crippen LogP contribution in [-0.4, -0.2) is 25.6 Å². The largest absolute Gasteiger partial charge is 0.494 e. The van der Waals surface area contributed by atoms with Crippen LogP contribution in [0.15, 0.2) is 24.3 Å². The summed E-state index contributed by atoms with van der Waals surface area (Å²) in [5, 5.41) is 0. The predicted octanol–water partition coefficient (Wildman–Crippen LogP) is 3.33. The van der Waals surface area contributed by atoms with Crippen LogP contribution in [0.1, 0.15) is 37.6 Å². The third-order valence-electron chi connectivity index (χ3n) is 2.73. The van der Waals surface area contributed by atoms with Crippen LogP contribution in [-0.2, 0) is 4.74 Å². The molecule has 3 nitrogen and oxygen atoms in total. The normalized spacial score (nSPS) is 12.5. The van der Waals surface area contributed by atoms with Gasteiger partial charge in [-0.05, 0) is 36.6 Å². The maximum atomic E-state index is 12.2. The van der Waals surface area contributed by atoms with E-state index in [1.54, 1.807) is 19.2 Å². The van der Waals surface area contributed by atoms with Gasteiger partial charge in [-0.3, -0.25) is 4.79 Å². The van der Waals surface area contributed by atoms with E-state index >= 15 is 0 Å². The van der Waals surface area contributed by atoms with Gasteiger partial charge in [0.1, 0.15) is 11.9 Å². The van der Waals surface area contributed by atoms with Gasteiger partial charge in [-0.25, -0.2) is 0 Å². The van der Waals surface area contributed by atoms with Crippen molar-refractivity contribution in [3.63, 3.8) is 0 Å². The number of carbonyl (C=O) groups is 1. The Labute approximate surface area is 109 Å². The zero-order valence-electron chi connectivity index (χ0n) is 11.6. The minimum atomic E-state index is -0.382. The molecule has 0 radical (unpaired) electrons. The summed E-state index contributed by atoms with van der Waals surface area (Å²) in [6.07, 6.45) is 0.590. The molecule has 3 heteroatoms. The lowest BCUT2D eigenvalue weighted by atomic mass is 9.97. The van der Waals surface area contributed by atoms with Crippen molar-refractivity contribution in [1.29, 1.82) is 0 Å². The first kappa shape index (κ1) is 14.7. The molecule has 1 atom stereocenters. The highest BCUT2D eigenvalue weighted by Gasteiger charge is 2.22. The third-order valence-corrected chi connectivity index (χ3v) is 2.73. The van der Waals surface area contributed by atoms with E-state index in [2.05, 4.69) is 6.92 Å². The van der Waals surface area contributed by atoms with Crippen LogP contribution in [0, 0.1) is 5.92 Å². The molecule has 0 aliphatic rings. The number of benzene rings is 1. The van der Waals surface area contributed by atoms with E-state index in [-0.39, 0.29) is 17.8 Å². The van der Waals surface area contributed by atoms with Crippen LogP contribution in [0.2, 0.25) is 0 Å². The quantitative estimate of drug-likeness (QED) is 0.696. The van der Waals surface area contributed by atoms with Crippen molar-refractivity contribution in [2.24, 2.45) is 5.92 Å². The van der Waals surface area contributed by atoms with E-state index in [0.717, 1.165) is 12.2 Å². The summed E-state index contributed by atoms with van der Waals surface area (Å²) < 4.78 is 10.7. The van der Waals surface area contributed by atoms with Crippen LogP contribution >= 0.6 is 0 Å². The van der Waals surface area contributed by atoms with E-state index in [1.807, 2.05) is 26.0 Å². The average Bonchev–Trinajstić information content (AvgIpc) is 2.37. The van der Waals surface area contributed by atoms with Crippen LogP contribution in [0.5, 0.6) is 5.75 Å². The summed E-state index contributed by atoms with van der Waals surface area (Å²) in [4.78, 5) is 12.2. The monoisotopic (exact) mass is 250 g/mol. The molecule has 0 aliphatic heterocycles. The molecule has 1 rings (SSSR count). The molecule has 0 N–H and O–H groups in total. The van der Waals surface area contributed by atoms with Crippen molar-refractivity contribution < 1.29 is 14.3 Å². The molecule has 0 aliphatic carbocycles. The van der Waals surface area contributed by atoms with Crippen molar-refractivity contribution in [3.05, 3.63) is 29.8 Å². The number of hydrogen-bond donors (Lipinski definition) is 0. The second kappa shape index (κ2) is 7.17. The number of ether oxygens (including phenoxy) is 2. The zero-order chi connectivity index (χ0) is 13.5. The Morgan fingerprint density at radius 1 is 1.22 bits per heavy atom. The molecule has 18 heavy (non-hydrogen) atoms. The van der Waals surface area contributed by atoms with Crippen molar-refractivity contribution in [2.75, 3.05) is 13.7 Å². The molecule has 0 heterocycles. The SMILES string of the molecule is CCCOc1ccc(C(=O)C(OC)C(C)C)cc1. The standard InChI is InChI=1S/C15H22O3/c1-5-10-18-13-8-6-12(7-9-13)14(16)15(17-4)11(2)3/h6-9,11,15H,5,10H2,1-4H3. The third kappa shape index (κ3) is 3.84. The summed E-state index contributed by atoms with van der Waals surface area (Å²) in [5.41, 5.74) is 0.666. The minimum Gasteiger partial charge on any atom is -0.494 e. The number of hydrogen-bond acceptors (Lipinski definition) is 3. The number of carbonyl (C=O) groups excluding carboxylic acids is 1. The Balaban J connectivity index is 2.75. The highest BCUT2D eigenvalue weighted by molar-refractivity contribution is 5.99. The van der Waals surface area contributed by atoms with Gasteiger partial charge in [0.05, 0.1) is 6.61 Å². The fraction of sp³-hybridized carbons (Fsp3) is 0.533. The lowest BCUT2D eigenvalue weighted by molar-refractivity contribution is 0.0458. The Morgan fingerprint density at radius 2 is 1.83 bits per heavy atom. The molecule has 0 fully saturated rings. The van der Waals surface area contributed by atoms with Crippen molar-refractivity contribution in [1.82, 2.24) is 0 Å². The Hall–Kier alpha value is -1.35. The van der Waals surface area contributed by atoms with Gasteiger partial charge < -0.3 is 9.47 Å². The molecule has 0 spiro atoms. The summed E-state index contributed by atoms with van der Waals surface area (Å²) in [6, 6.07) is 7.25. The molecular formula is C15H22O3. The average molecular weight is 250 g/mol. The highest BCUT2D eigenvalue weighted by atomic mass is 16.5. The first-order valence-electron chi connectivity index (χ1n) is 6.40. The Morgan fingerprint density at radius 3 is 2.28 bits per heavy atom. The lowest BCUT2D eigenvalue weighted by Crippen LogP contribution is -2.28. The number of rotatable bonds is 7. The number of ketones is 1. The van der Waals surface area contributed by atoms with Gasteiger partial charge in [-0.1, -0.05) is 20.8 Å². The molecule has 0 amide bonds. The van der Waals surface area contributed by atoms with Gasteiger partial charge in [-0.2, -0.15) is 0 Å². The van der Waals surface area contributed by atoms with Crippen LogP contribution < -0.4 is 4.74 Å². The fourth-order valence-electron chi connectivity index (χ4n) is 1.78. The number of Topliss-reactive ketones (excluding diaryl/α,β-unsaturated/α-hetero) is 1. The smallest absolute Gasteiger partial charge is 0.191 e. The second-order valence-electron chi connectivity index (χ2n) is 4.64. The van der Waals surface area contributed by atoms with Gasteiger partial charge in [0.25, 0.3) is 0 Å². The van der Waals surface area contributed by atoms with Crippen molar-refractivity contribution >= 4 is 5.78 Å². The van der Waals surface area contributed by atoms with Crippen LogP contribution in [0.3, 0.4) is 0 Å². The molecule has 1 aromatic rings. The van der Waals surface area contributed by atoms with Crippen LogP contribution in [0.4, 0.5) is 0 Å². The molecule has 1 unspecified atom stereocenters. The minimum absolute atomic E-state index is 0.0227. The second-order valence-corrected chi connectivity index (χ2v) is 4.64. The number of methoxy groups -OCH3 is 1. The topological polar surface area (TPSA) is 35.5 Å². The Kier molecular flexibility index (Phi) is 5.86. The van der Waals surface area contributed by atoms with Gasteiger partial charge >= 0.3 is 0 Å². The summed E-state index contributed by atoms with van der Waals surface area (Å²) >= 11 is 0. The van der Waals surface area contributed by atoms with Crippen molar-refractivity contribution in [2.45, 2.75) is 33.3 Å². The van der Waals surface area contributed by atoms with Gasteiger partial charge in [-0.15, -0.1) is 0 Å². The van der Waals surface area contributed by atoms with Gasteiger partial charge in [0, 0.05) is 12.7 Å². The van der Waals surface area contributed by atoms with Gasteiger partial charge in [0.15, 0.2) is 5.78 Å². The van der Waals surface area contributed by atoms with E-state index in [0.29, 0.717) is 12.2 Å². The van der Waals surface area contributed by atoms with E-state index in [1.165, 1.54) is 0 Å². The predicted molar refractivity (Wildman–Crippen MR) is 72.2 cm³/mol. The first-order chi connectivity index (χ1) is 8.60. The van der Waals surface area contributed by atoms with E-state index < -0.39 is 0 Å². The van der Waals surface area contributed by atoms with Crippen LogP contribution in [0.25, 0.3) is 0 Å². The summed E-state index contributed by atoms with van der Waals surface area (Å²) in [6.45, 7) is 6.71. The van der Waals surface area contributed by atoms with Crippen molar-refractivity contribution in [3.8, 4) is 5.75 Å². The Bertz CT molecular complexity index is 368. The first-order valence-corrected chi connectivity index (χ1v) is 6.40. The highest BCUT2D eigenvalue weighted by Crippen LogP contribution is 2.17. The molecule has 100 valence electrons. The van der Waals surface area contributed by atoms with E-state index in [9.17, 15) is 4.79 Å².